The Bertz CT molecular complexity index is 1680. The Morgan fingerprint density at radius 2 is 1.73 bits per heavy atom. The predicted molar refractivity (Wildman–Crippen MR) is 159 cm³/mol. The van der Waals surface area contributed by atoms with Crippen molar-refractivity contribution in [2.45, 2.75) is 38.6 Å². The third-order valence-electron chi connectivity index (χ3n) is 8.37. The zero-order valence-corrected chi connectivity index (χ0v) is 24.4. The highest BCUT2D eigenvalue weighted by molar-refractivity contribution is 6.10. The summed E-state index contributed by atoms with van der Waals surface area (Å²) in [5, 5.41) is 0.593. The minimum atomic E-state index is -1.05. The Morgan fingerprint density at radius 1 is 0.977 bits per heavy atom. The number of halogens is 2. The van der Waals surface area contributed by atoms with Crippen molar-refractivity contribution in [1.82, 2.24) is 14.9 Å². The van der Waals surface area contributed by atoms with Crippen LogP contribution in [0.25, 0.3) is 10.9 Å². The van der Waals surface area contributed by atoms with Crippen LogP contribution in [-0.4, -0.2) is 65.4 Å². The van der Waals surface area contributed by atoms with E-state index in [-0.39, 0.29) is 36.0 Å². The number of Topliss-reactive ketones (excluding diaryl/α,β-unsaturated/α-hetero) is 2. The Kier molecular flexibility index (Phi) is 8.63. The third kappa shape index (κ3) is 6.61. The summed E-state index contributed by atoms with van der Waals surface area (Å²) in [6.07, 6.45) is 4.09. The molecule has 4 aromatic rings. The first-order valence-electron chi connectivity index (χ1n) is 14.8. The summed E-state index contributed by atoms with van der Waals surface area (Å²) in [7, 11) is 0. The van der Waals surface area contributed by atoms with Crippen molar-refractivity contribution >= 4 is 22.5 Å². The standard InChI is InChI=1S/C34H33F2N3O5/c1-22-21-42-14-12-39(22)13-15-43-33-19-28-26(20-38-33)29(8-11-37-28)44-30-7-4-24(16-27(30)36)18-32(41)34(9-10-34)31(40)17-23-2-5-25(35)6-3-23/h2-8,11,16,19-20,22H,9-10,12-15,17-18,21H2,1H3/t22-/m1/s1. The second kappa shape index (κ2) is 12.8. The first-order chi connectivity index (χ1) is 21.3. The van der Waals surface area contributed by atoms with Gasteiger partial charge in [-0.25, -0.2) is 13.8 Å². The van der Waals surface area contributed by atoms with Gasteiger partial charge in [-0.1, -0.05) is 18.2 Å². The molecule has 0 unspecified atom stereocenters. The van der Waals surface area contributed by atoms with Crippen LogP contribution in [0.15, 0.2) is 67.0 Å². The summed E-state index contributed by atoms with van der Waals surface area (Å²) in [5.41, 5.74) is 0.654. The molecule has 10 heteroatoms. The van der Waals surface area contributed by atoms with Gasteiger partial charge in [0.15, 0.2) is 23.1 Å². The molecule has 8 nitrogen and oxygen atoms in total. The van der Waals surface area contributed by atoms with Crippen LogP contribution in [0.3, 0.4) is 0 Å². The van der Waals surface area contributed by atoms with Gasteiger partial charge in [0.2, 0.25) is 5.88 Å². The summed E-state index contributed by atoms with van der Waals surface area (Å²) in [4.78, 5) is 37.2. The molecule has 228 valence electrons. The number of carbonyl (C=O) groups excluding carboxylic acids is 2. The molecule has 0 N–H and O–H groups in total. The number of pyridine rings is 2. The van der Waals surface area contributed by atoms with Crippen molar-refractivity contribution in [2.24, 2.45) is 5.41 Å². The van der Waals surface area contributed by atoms with E-state index in [9.17, 15) is 14.0 Å². The molecule has 2 aromatic heterocycles. The van der Waals surface area contributed by atoms with Crippen molar-refractivity contribution < 1.29 is 32.6 Å². The lowest BCUT2D eigenvalue weighted by molar-refractivity contribution is -0.133. The van der Waals surface area contributed by atoms with E-state index in [1.165, 1.54) is 24.3 Å². The molecule has 1 aliphatic heterocycles. The van der Waals surface area contributed by atoms with Crippen molar-refractivity contribution in [2.75, 3.05) is 32.9 Å². The minimum absolute atomic E-state index is 0.0119. The van der Waals surface area contributed by atoms with Gasteiger partial charge in [-0.3, -0.25) is 19.5 Å². The summed E-state index contributed by atoms with van der Waals surface area (Å²) in [6.45, 7) is 5.65. The number of ether oxygens (including phenoxy) is 3. The number of hydrogen-bond donors (Lipinski definition) is 0. The number of benzene rings is 2. The van der Waals surface area contributed by atoms with Crippen LogP contribution >= 0.6 is 0 Å². The largest absolute Gasteiger partial charge is 0.476 e. The van der Waals surface area contributed by atoms with Crippen molar-refractivity contribution in [3.05, 3.63) is 89.8 Å². The Labute approximate surface area is 254 Å². The van der Waals surface area contributed by atoms with Crippen LogP contribution in [0, 0.1) is 17.0 Å². The van der Waals surface area contributed by atoms with Gasteiger partial charge < -0.3 is 14.2 Å². The average molecular weight is 602 g/mol. The highest BCUT2D eigenvalue weighted by Crippen LogP contribution is 2.49. The highest BCUT2D eigenvalue weighted by Gasteiger charge is 2.54. The minimum Gasteiger partial charge on any atom is -0.476 e. The lowest BCUT2D eigenvalue weighted by Gasteiger charge is -2.32. The number of morpholine rings is 1. The molecule has 2 aromatic carbocycles. The number of nitrogens with zero attached hydrogens (tertiary/aromatic N) is 3. The molecule has 2 fully saturated rings. The fourth-order valence-electron chi connectivity index (χ4n) is 5.53. The molecule has 1 aliphatic carbocycles. The van der Waals surface area contributed by atoms with Crippen LogP contribution in [0.4, 0.5) is 8.78 Å². The smallest absolute Gasteiger partial charge is 0.215 e. The van der Waals surface area contributed by atoms with E-state index in [4.69, 9.17) is 14.2 Å². The second-order valence-electron chi connectivity index (χ2n) is 11.4. The van der Waals surface area contributed by atoms with E-state index < -0.39 is 11.2 Å². The molecule has 0 amide bonds. The van der Waals surface area contributed by atoms with Crippen molar-refractivity contribution in [3.63, 3.8) is 0 Å². The molecule has 44 heavy (non-hydrogen) atoms. The summed E-state index contributed by atoms with van der Waals surface area (Å²) >= 11 is 0. The molecule has 0 radical (unpaired) electrons. The van der Waals surface area contributed by atoms with Crippen molar-refractivity contribution in [1.29, 1.82) is 0 Å². The molecule has 3 heterocycles. The van der Waals surface area contributed by atoms with E-state index in [1.807, 2.05) is 0 Å². The van der Waals surface area contributed by atoms with E-state index in [2.05, 4.69) is 21.8 Å². The van der Waals surface area contributed by atoms with Crippen LogP contribution in [0.2, 0.25) is 0 Å². The Morgan fingerprint density at radius 3 is 2.45 bits per heavy atom. The molecule has 2 aliphatic rings. The lowest BCUT2D eigenvalue weighted by Crippen LogP contribution is -2.45. The first-order valence-corrected chi connectivity index (χ1v) is 14.8. The van der Waals surface area contributed by atoms with Gasteiger partial charge in [0.1, 0.15) is 18.2 Å². The zero-order chi connectivity index (χ0) is 30.7. The monoisotopic (exact) mass is 601 g/mol. The quantitative estimate of drug-likeness (QED) is 0.197. The molecular weight excluding hydrogens is 568 g/mol. The van der Waals surface area contributed by atoms with Gasteiger partial charge in [0.05, 0.1) is 29.5 Å². The van der Waals surface area contributed by atoms with Gasteiger partial charge in [-0.15, -0.1) is 0 Å². The molecular formula is C34H33F2N3O5. The molecule has 1 atom stereocenters. The summed E-state index contributed by atoms with van der Waals surface area (Å²) in [5.74, 6) is -0.634. The number of carbonyl (C=O) groups is 2. The van der Waals surface area contributed by atoms with Gasteiger partial charge in [-0.2, -0.15) is 0 Å². The molecule has 0 spiro atoms. The number of aromatic nitrogens is 2. The number of rotatable bonds is 12. The number of hydrogen-bond acceptors (Lipinski definition) is 8. The van der Waals surface area contributed by atoms with Crippen LogP contribution in [-0.2, 0) is 27.2 Å². The lowest BCUT2D eigenvalue weighted by atomic mass is 9.88. The first kappa shape index (κ1) is 29.8. The molecule has 0 bridgehead atoms. The Hall–Kier alpha value is -4.28. The fourth-order valence-corrected chi connectivity index (χ4v) is 5.53. The van der Waals surface area contributed by atoms with E-state index in [0.29, 0.717) is 72.4 Å². The maximum absolute atomic E-state index is 15.2. The maximum atomic E-state index is 15.2. The third-order valence-corrected chi connectivity index (χ3v) is 8.37. The van der Waals surface area contributed by atoms with Crippen LogP contribution < -0.4 is 9.47 Å². The number of fused-ring (bicyclic) bond motifs is 1. The number of ketones is 2. The van der Waals surface area contributed by atoms with E-state index >= 15 is 4.39 Å². The van der Waals surface area contributed by atoms with Crippen LogP contribution in [0.5, 0.6) is 17.4 Å². The van der Waals surface area contributed by atoms with E-state index in [1.54, 1.807) is 42.7 Å². The van der Waals surface area contributed by atoms with Gasteiger partial charge in [0, 0.05) is 50.4 Å². The molecule has 6 rings (SSSR count). The molecule has 1 saturated carbocycles. The van der Waals surface area contributed by atoms with Crippen molar-refractivity contribution in [3.8, 4) is 17.4 Å². The fraction of sp³-hybridized carbons (Fsp3) is 0.353. The Balaban J connectivity index is 1.08. The van der Waals surface area contributed by atoms with E-state index in [0.717, 1.165) is 13.1 Å². The van der Waals surface area contributed by atoms with Gasteiger partial charge in [0.25, 0.3) is 0 Å². The highest BCUT2D eigenvalue weighted by atomic mass is 19.1. The molecule has 1 saturated heterocycles. The van der Waals surface area contributed by atoms with Gasteiger partial charge >= 0.3 is 0 Å². The summed E-state index contributed by atoms with van der Waals surface area (Å²) < 4.78 is 45.6. The predicted octanol–water partition coefficient (Wildman–Crippen LogP) is 5.50. The zero-order valence-electron chi connectivity index (χ0n) is 24.4. The average Bonchev–Trinajstić information content (AvgIpc) is 3.83. The maximum Gasteiger partial charge on any atom is 0.215 e. The topological polar surface area (TPSA) is 90.9 Å². The SMILES string of the molecule is C[C@@H]1COCCN1CCOc1cc2nccc(Oc3ccc(CC(=O)C4(C(=O)Cc5ccc(F)cc5)CC4)cc3F)c2cn1. The van der Waals surface area contributed by atoms with Gasteiger partial charge in [-0.05, 0) is 61.2 Å². The normalized spacial score (nSPS) is 17.8. The van der Waals surface area contributed by atoms with Crippen LogP contribution in [0.1, 0.15) is 30.9 Å². The summed E-state index contributed by atoms with van der Waals surface area (Å²) in [6, 6.07) is 13.7. The second-order valence-corrected chi connectivity index (χ2v) is 11.4.